The molecule has 1 aliphatic heterocycles. The molecule has 0 radical (unpaired) electrons. The molecule has 2 aromatic rings. The van der Waals surface area contributed by atoms with Gasteiger partial charge in [-0.15, -0.1) is 0 Å². The van der Waals surface area contributed by atoms with Crippen molar-refractivity contribution >= 4 is 11.8 Å². The van der Waals surface area contributed by atoms with Crippen molar-refractivity contribution in [2.75, 3.05) is 7.05 Å². The molecule has 28 heavy (non-hydrogen) atoms. The summed E-state index contributed by atoms with van der Waals surface area (Å²) in [5.74, 6) is -3.65. The van der Waals surface area contributed by atoms with E-state index in [4.69, 9.17) is 0 Å². The Hall–Kier alpha value is -3.23. The molecule has 2 heterocycles. The zero-order valence-corrected chi connectivity index (χ0v) is 15.0. The summed E-state index contributed by atoms with van der Waals surface area (Å²) < 4.78 is 28.1. The summed E-state index contributed by atoms with van der Waals surface area (Å²) in [5.41, 5.74) is -1.78. The fourth-order valence-corrected chi connectivity index (χ4v) is 3.53. The third-order valence-corrected chi connectivity index (χ3v) is 5.47. The molecule has 1 aromatic carbocycles. The van der Waals surface area contributed by atoms with Crippen LogP contribution in [0.5, 0.6) is 5.75 Å². The van der Waals surface area contributed by atoms with Crippen LogP contribution in [0, 0.1) is 11.6 Å². The fourth-order valence-electron chi connectivity index (χ4n) is 3.53. The van der Waals surface area contributed by atoms with Crippen molar-refractivity contribution < 1.29 is 23.5 Å². The molecule has 1 aromatic heterocycles. The third kappa shape index (κ3) is 2.74. The molecule has 1 saturated carbocycles. The molecule has 0 bridgehead atoms. The summed E-state index contributed by atoms with van der Waals surface area (Å²) in [6.45, 7) is 0.101. The summed E-state index contributed by atoms with van der Waals surface area (Å²) in [7, 11) is 1.63. The standard InChI is InChI=1S/C19H17F2N3O4/c1-23-18(28)14-16(26)15(25)12(8-24(14)9-19(23)4-5-19)17(27)22-7-10-2-3-11(20)6-13(10)21/h2-3,6,8,26H,4-5,7,9H2,1H3,(H,22,27). The second-order valence-electron chi connectivity index (χ2n) is 7.20. The summed E-state index contributed by atoms with van der Waals surface area (Å²) in [5, 5.41) is 12.6. The van der Waals surface area contributed by atoms with Crippen molar-refractivity contribution in [1.82, 2.24) is 14.8 Å². The largest absolute Gasteiger partial charge is 0.503 e. The van der Waals surface area contributed by atoms with Gasteiger partial charge in [-0.1, -0.05) is 6.07 Å². The lowest BCUT2D eigenvalue weighted by molar-refractivity contribution is 0.0613. The number of benzene rings is 1. The molecule has 2 aliphatic rings. The van der Waals surface area contributed by atoms with Crippen LogP contribution in [0.1, 0.15) is 39.3 Å². The first-order chi connectivity index (χ1) is 13.2. The summed E-state index contributed by atoms with van der Waals surface area (Å²) in [4.78, 5) is 38.9. The van der Waals surface area contributed by atoms with Crippen LogP contribution < -0.4 is 10.7 Å². The van der Waals surface area contributed by atoms with E-state index in [0.717, 1.165) is 18.9 Å². The minimum Gasteiger partial charge on any atom is -0.503 e. The average Bonchev–Trinajstić information content (AvgIpc) is 3.42. The highest BCUT2D eigenvalue weighted by Crippen LogP contribution is 2.46. The molecule has 4 rings (SSSR count). The summed E-state index contributed by atoms with van der Waals surface area (Å²) in [6.07, 6.45) is 2.85. The highest BCUT2D eigenvalue weighted by Gasteiger charge is 2.52. The Morgan fingerprint density at radius 2 is 2.00 bits per heavy atom. The highest BCUT2D eigenvalue weighted by atomic mass is 19.1. The fraction of sp³-hybridized carbons (Fsp3) is 0.316. The highest BCUT2D eigenvalue weighted by molar-refractivity contribution is 5.99. The number of carbonyl (C=O) groups is 2. The van der Waals surface area contributed by atoms with Gasteiger partial charge in [0.1, 0.15) is 17.2 Å². The van der Waals surface area contributed by atoms with Gasteiger partial charge >= 0.3 is 0 Å². The number of amides is 2. The molecular weight excluding hydrogens is 372 g/mol. The predicted molar refractivity (Wildman–Crippen MR) is 94.0 cm³/mol. The van der Waals surface area contributed by atoms with Crippen molar-refractivity contribution in [1.29, 1.82) is 0 Å². The van der Waals surface area contributed by atoms with E-state index in [1.165, 1.54) is 21.7 Å². The summed E-state index contributed by atoms with van der Waals surface area (Å²) >= 11 is 0. The van der Waals surface area contributed by atoms with E-state index in [1.54, 1.807) is 7.05 Å². The molecule has 0 saturated heterocycles. The topological polar surface area (TPSA) is 91.6 Å². The van der Waals surface area contributed by atoms with Gasteiger partial charge in [0.05, 0.1) is 5.54 Å². The molecule has 0 atom stereocenters. The number of halogens is 2. The van der Waals surface area contributed by atoms with Crippen LogP contribution in [0.25, 0.3) is 0 Å². The number of hydrogen-bond acceptors (Lipinski definition) is 4. The van der Waals surface area contributed by atoms with Crippen molar-refractivity contribution in [2.24, 2.45) is 0 Å². The van der Waals surface area contributed by atoms with Gasteiger partial charge < -0.3 is 19.9 Å². The average molecular weight is 389 g/mol. The first-order valence-corrected chi connectivity index (χ1v) is 8.70. The Balaban J connectivity index is 1.63. The maximum Gasteiger partial charge on any atom is 0.274 e. The normalized spacial score (nSPS) is 16.8. The SMILES string of the molecule is CN1C(=O)c2c(O)c(=O)c(C(=O)NCc3ccc(F)cc3F)cn2CC12CC2. The first-order valence-electron chi connectivity index (χ1n) is 8.70. The van der Waals surface area contributed by atoms with Crippen molar-refractivity contribution in [2.45, 2.75) is 31.5 Å². The first kappa shape index (κ1) is 18.1. The quantitative estimate of drug-likeness (QED) is 0.830. The molecule has 7 nitrogen and oxygen atoms in total. The number of aromatic nitrogens is 1. The van der Waals surface area contributed by atoms with Crippen LogP contribution in [0.2, 0.25) is 0 Å². The zero-order chi connectivity index (χ0) is 20.2. The van der Waals surface area contributed by atoms with Crippen molar-refractivity contribution in [3.63, 3.8) is 0 Å². The maximum absolute atomic E-state index is 13.7. The molecule has 2 amide bonds. The van der Waals surface area contributed by atoms with Crippen LogP contribution in [-0.2, 0) is 13.1 Å². The Bertz CT molecular complexity index is 1080. The predicted octanol–water partition coefficient (Wildman–Crippen LogP) is 1.38. The summed E-state index contributed by atoms with van der Waals surface area (Å²) in [6, 6.07) is 2.94. The van der Waals surface area contributed by atoms with Gasteiger partial charge in [0, 0.05) is 38.0 Å². The van der Waals surface area contributed by atoms with Crippen molar-refractivity contribution in [3.8, 4) is 5.75 Å². The van der Waals surface area contributed by atoms with Gasteiger partial charge in [-0.05, 0) is 18.9 Å². The van der Waals surface area contributed by atoms with Crippen LogP contribution in [0.3, 0.4) is 0 Å². The second-order valence-corrected chi connectivity index (χ2v) is 7.20. The lowest BCUT2D eigenvalue weighted by Crippen LogP contribution is -2.49. The lowest BCUT2D eigenvalue weighted by Gasteiger charge is -2.35. The molecule has 1 spiro atoms. The molecule has 1 fully saturated rings. The van der Waals surface area contributed by atoms with E-state index >= 15 is 0 Å². The molecule has 9 heteroatoms. The molecule has 1 aliphatic carbocycles. The molecular formula is C19H17F2N3O4. The number of nitrogens with zero attached hydrogens (tertiary/aromatic N) is 2. The van der Waals surface area contributed by atoms with E-state index in [2.05, 4.69) is 5.32 Å². The number of nitrogens with one attached hydrogen (secondary N) is 1. The van der Waals surface area contributed by atoms with Gasteiger partial charge in [0.25, 0.3) is 11.8 Å². The number of carbonyl (C=O) groups excluding carboxylic acids is 2. The van der Waals surface area contributed by atoms with E-state index in [0.29, 0.717) is 12.6 Å². The van der Waals surface area contributed by atoms with E-state index in [9.17, 15) is 28.3 Å². The number of rotatable bonds is 3. The molecule has 0 unspecified atom stereocenters. The maximum atomic E-state index is 13.7. The van der Waals surface area contributed by atoms with Gasteiger partial charge in [-0.25, -0.2) is 8.78 Å². The monoisotopic (exact) mass is 389 g/mol. The van der Waals surface area contributed by atoms with Gasteiger partial charge in [0.2, 0.25) is 5.43 Å². The minimum absolute atomic E-state index is 0.0470. The molecule has 2 N–H and O–H groups in total. The number of pyridine rings is 1. The molecule has 146 valence electrons. The third-order valence-electron chi connectivity index (χ3n) is 5.47. The van der Waals surface area contributed by atoms with Crippen LogP contribution >= 0.6 is 0 Å². The number of hydrogen-bond donors (Lipinski definition) is 2. The van der Waals surface area contributed by atoms with Gasteiger partial charge in [0.15, 0.2) is 11.4 Å². The van der Waals surface area contributed by atoms with E-state index in [-0.39, 0.29) is 28.9 Å². The second kappa shape index (κ2) is 6.15. The minimum atomic E-state index is -0.975. The number of likely N-dealkylation sites (N-methyl/N-ethyl adjacent to an activating group) is 1. The van der Waals surface area contributed by atoms with Crippen molar-refractivity contribution in [3.05, 3.63) is 63.1 Å². The van der Waals surface area contributed by atoms with E-state index in [1.807, 2.05) is 0 Å². The van der Waals surface area contributed by atoms with Crippen LogP contribution in [0.15, 0.2) is 29.2 Å². The van der Waals surface area contributed by atoms with Gasteiger partial charge in [-0.3, -0.25) is 14.4 Å². The zero-order valence-electron chi connectivity index (χ0n) is 15.0. The number of fused-ring (bicyclic) bond motifs is 1. The van der Waals surface area contributed by atoms with E-state index < -0.39 is 34.6 Å². The van der Waals surface area contributed by atoms with Gasteiger partial charge in [-0.2, -0.15) is 0 Å². The van der Waals surface area contributed by atoms with Crippen LogP contribution in [-0.4, -0.2) is 39.0 Å². The smallest absolute Gasteiger partial charge is 0.274 e. The Labute approximate surface area is 158 Å². The van der Waals surface area contributed by atoms with Crippen LogP contribution in [0.4, 0.5) is 8.78 Å². The lowest BCUT2D eigenvalue weighted by atomic mass is 10.1. The Morgan fingerprint density at radius 3 is 2.64 bits per heavy atom. The Kier molecular flexibility index (Phi) is 3.99. The number of aromatic hydroxyl groups is 1. The Morgan fingerprint density at radius 1 is 1.29 bits per heavy atom.